The summed E-state index contributed by atoms with van der Waals surface area (Å²) in [5, 5.41) is 12.2. The standard InChI is InChI=1S/C25H28FN7O3/c1-18-23-22(24(31-11-2-3-12-31)33(29-23)20-7-5-19(26)6-8-20)25(35)32(28-18)17-21(34)27-9-4-10-30-13-15-36-16-14-30/h2-3,5-8,11-12H,4,9-10,13-17H2,1H3,(H,27,34). The zero-order valence-electron chi connectivity index (χ0n) is 20.1. The summed E-state index contributed by atoms with van der Waals surface area (Å²) in [7, 11) is 0. The molecule has 5 rings (SSSR count). The molecule has 0 saturated carbocycles. The van der Waals surface area contributed by atoms with E-state index in [1.54, 1.807) is 40.7 Å². The highest BCUT2D eigenvalue weighted by Gasteiger charge is 2.22. The van der Waals surface area contributed by atoms with Crippen molar-refractivity contribution >= 4 is 16.8 Å². The van der Waals surface area contributed by atoms with Crippen LogP contribution in [-0.4, -0.2) is 74.3 Å². The SMILES string of the molecule is Cc1nn(CC(=O)NCCCN2CCOCC2)c(=O)c2c(-n3cccc3)n(-c3ccc(F)cc3)nc12. The second kappa shape index (κ2) is 10.4. The van der Waals surface area contributed by atoms with E-state index in [-0.39, 0.29) is 18.3 Å². The number of carbonyl (C=O) groups is 1. The van der Waals surface area contributed by atoms with E-state index in [4.69, 9.17) is 4.74 Å². The molecule has 188 valence electrons. The second-order valence-corrected chi connectivity index (χ2v) is 8.73. The van der Waals surface area contributed by atoms with Crippen LogP contribution in [0.2, 0.25) is 0 Å². The van der Waals surface area contributed by atoms with Crippen LogP contribution in [-0.2, 0) is 16.1 Å². The summed E-state index contributed by atoms with van der Waals surface area (Å²) in [6.45, 7) is 6.25. The van der Waals surface area contributed by atoms with Crippen molar-refractivity contribution in [1.29, 1.82) is 0 Å². The molecule has 1 fully saturated rings. The van der Waals surface area contributed by atoms with Crippen molar-refractivity contribution in [3.63, 3.8) is 0 Å². The van der Waals surface area contributed by atoms with Gasteiger partial charge in [0, 0.05) is 32.0 Å². The van der Waals surface area contributed by atoms with Crippen LogP contribution >= 0.6 is 0 Å². The van der Waals surface area contributed by atoms with Crippen LogP contribution < -0.4 is 10.9 Å². The number of ether oxygens (including phenoxy) is 1. The Hall–Kier alpha value is -3.83. The Morgan fingerprint density at radius 3 is 2.56 bits per heavy atom. The predicted octanol–water partition coefficient (Wildman–Crippen LogP) is 1.66. The predicted molar refractivity (Wildman–Crippen MR) is 132 cm³/mol. The highest BCUT2D eigenvalue weighted by atomic mass is 19.1. The lowest BCUT2D eigenvalue weighted by Gasteiger charge is -2.26. The van der Waals surface area contributed by atoms with Crippen molar-refractivity contribution in [2.24, 2.45) is 0 Å². The molecule has 10 nitrogen and oxygen atoms in total. The summed E-state index contributed by atoms with van der Waals surface area (Å²) in [6.07, 6.45) is 4.42. The molecule has 11 heteroatoms. The van der Waals surface area contributed by atoms with Crippen molar-refractivity contribution in [2.75, 3.05) is 39.4 Å². The summed E-state index contributed by atoms with van der Waals surface area (Å²) in [5.74, 6) is -0.148. The molecular formula is C25H28FN7O3. The van der Waals surface area contributed by atoms with Crippen LogP contribution in [0.3, 0.4) is 0 Å². The molecule has 1 saturated heterocycles. The van der Waals surface area contributed by atoms with Gasteiger partial charge in [0.1, 0.15) is 23.3 Å². The summed E-state index contributed by atoms with van der Waals surface area (Å²) in [5.41, 5.74) is 1.12. The lowest BCUT2D eigenvalue weighted by Crippen LogP contribution is -2.39. The smallest absolute Gasteiger partial charge is 0.280 e. The number of hydrogen-bond donors (Lipinski definition) is 1. The van der Waals surface area contributed by atoms with Gasteiger partial charge in [-0.15, -0.1) is 0 Å². The molecule has 1 N–H and O–H groups in total. The van der Waals surface area contributed by atoms with E-state index < -0.39 is 5.56 Å². The fraction of sp³-hybridized carbons (Fsp3) is 0.360. The van der Waals surface area contributed by atoms with Crippen molar-refractivity contribution in [3.8, 4) is 11.5 Å². The van der Waals surface area contributed by atoms with E-state index in [2.05, 4.69) is 20.4 Å². The number of aryl methyl sites for hydroxylation is 1. The van der Waals surface area contributed by atoms with Crippen molar-refractivity contribution < 1.29 is 13.9 Å². The molecule has 1 aliphatic rings. The van der Waals surface area contributed by atoms with Crippen LogP contribution in [0.1, 0.15) is 12.1 Å². The first-order valence-corrected chi connectivity index (χ1v) is 12.0. The first-order valence-electron chi connectivity index (χ1n) is 12.0. The highest BCUT2D eigenvalue weighted by molar-refractivity contribution is 5.88. The quantitative estimate of drug-likeness (QED) is 0.375. The summed E-state index contributed by atoms with van der Waals surface area (Å²) in [4.78, 5) is 28.5. The number of hydrogen-bond acceptors (Lipinski definition) is 6. The van der Waals surface area contributed by atoms with Gasteiger partial charge < -0.3 is 14.6 Å². The minimum absolute atomic E-state index is 0.194. The molecule has 0 atom stereocenters. The summed E-state index contributed by atoms with van der Waals surface area (Å²) >= 11 is 0. The van der Waals surface area contributed by atoms with Crippen LogP contribution in [0, 0.1) is 12.7 Å². The van der Waals surface area contributed by atoms with Gasteiger partial charge in [0.2, 0.25) is 5.91 Å². The van der Waals surface area contributed by atoms with Crippen molar-refractivity contribution in [1.82, 2.24) is 34.3 Å². The fourth-order valence-electron chi connectivity index (χ4n) is 4.39. The molecule has 0 bridgehead atoms. The molecule has 0 aliphatic carbocycles. The molecule has 0 spiro atoms. The number of amides is 1. The monoisotopic (exact) mass is 493 g/mol. The van der Waals surface area contributed by atoms with Gasteiger partial charge in [-0.25, -0.2) is 13.8 Å². The van der Waals surface area contributed by atoms with E-state index in [9.17, 15) is 14.0 Å². The zero-order valence-corrected chi connectivity index (χ0v) is 20.1. The average Bonchev–Trinajstić information content (AvgIpc) is 3.55. The molecular weight excluding hydrogens is 465 g/mol. The molecule has 3 aromatic heterocycles. The minimum atomic E-state index is -0.420. The van der Waals surface area contributed by atoms with Gasteiger partial charge in [0.15, 0.2) is 5.82 Å². The maximum absolute atomic E-state index is 13.5. The number of fused-ring (bicyclic) bond motifs is 1. The first-order chi connectivity index (χ1) is 17.5. The molecule has 36 heavy (non-hydrogen) atoms. The number of rotatable bonds is 8. The summed E-state index contributed by atoms with van der Waals surface area (Å²) in [6, 6.07) is 9.55. The molecule has 1 aliphatic heterocycles. The lowest BCUT2D eigenvalue weighted by molar-refractivity contribution is -0.121. The van der Waals surface area contributed by atoms with Crippen LogP contribution in [0.15, 0.2) is 53.6 Å². The number of benzene rings is 1. The Bertz CT molecular complexity index is 1400. The Labute approximate surface area is 206 Å². The normalized spacial score (nSPS) is 14.4. The minimum Gasteiger partial charge on any atom is -0.379 e. The number of nitrogens with zero attached hydrogens (tertiary/aromatic N) is 6. The Morgan fingerprint density at radius 1 is 1.11 bits per heavy atom. The van der Waals surface area contributed by atoms with Crippen LogP contribution in [0.5, 0.6) is 0 Å². The molecule has 0 radical (unpaired) electrons. The van der Waals surface area contributed by atoms with Gasteiger partial charge in [0.25, 0.3) is 5.56 Å². The maximum Gasteiger partial charge on any atom is 0.280 e. The molecule has 1 aromatic carbocycles. The first kappa shape index (κ1) is 23.9. The molecule has 0 unspecified atom stereocenters. The zero-order chi connectivity index (χ0) is 25.1. The van der Waals surface area contributed by atoms with Gasteiger partial charge >= 0.3 is 0 Å². The third kappa shape index (κ3) is 4.93. The average molecular weight is 494 g/mol. The third-order valence-corrected chi connectivity index (χ3v) is 6.21. The Kier molecular flexibility index (Phi) is 6.92. The van der Waals surface area contributed by atoms with Gasteiger partial charge in [-0.2, -0.15) is 10.2 Å². The van der Waals surface area contributed by atoms with Gasteiger partial charge in [-0.05, 0) is 56.3 Å². The summed E-state index contributed by atoms with van der Waals surface area (Å²) < 4.78 is 23.4. The van der Waals surface area contributed by atoms with Crippen LogP contribution in [0.25, 0.3) is 22.4 Å². The Morgan fingerprint density at radius 2 is 1.83 bits per heavy atom. The van der Waals surface area contributed by atoms with E-state index in [1.807, 2.05) is 12.1 Å². The largest absolute Gasteiger partial charge is 0.379 e. The van der Waals surface area contributed by atoms with Gasteiger partial charge in [-0.1, -0.05) is 0 Å². The maximum atomic E-state index is 13.5. The molecule has 1 amide bonds. The van der Waals surface area contributed by atoms with Gasteiger partial charge in [-0.3, -0.25) is 14.5 Å². The topological polar surface area (TPSA) is 99.2 Å². The number of morpholine rings is 1. The van der Waals surface area contributed by atoms with Crippen molar-refractivity contribution in [3.05, 3.63) is 70.7 Å². The number of halogens is 1. The van der Waals surface area contributed by atoms with Gasteiger partial charge in [0.05, 0.1) is 24.6 Å². The van der Waals surface area contributed by atoms with E-state index in [1.165, 1.54) is 16.8 Å². The Balaban J connectivity index is 1.41. The number of carbonyl (C=O) groups excluding carboxylic acids is 1. The molecule has 4 heterocycles. The van der Waals surface area contributed by atoms with Crippen molar-refractivity contribution in [2.45, 2.75) is 19.9 Å². The third-order valence-electron chi connectivity index (χ3n) is 6.21. The highest BCUT2D eigenvalue weighted by Crippen LogP contribution is 2.24. The second-order valence-electron chi connectivity index (χ2n) is 8.73. The number of aromatic nitrogens is 5. The molecule has 4 aromatic rings. The van der Waals surface area contributed by atoms with E-state index in [0.717, 1.165) is 39.3 Å². The lowest BCUT2D eigenvalue weighted by atomic mass is 10.2. The van der Waals surface area contributed by atoms with E-state index >= 15 is 0 Å². The van der Waals surface area contributed by atoms with Crippen LogP contribution in [0.4, 0.5) is 4.39 Å². The fourth-order valence-corrected chi connectivity index (χ4v) is 4.39. The van der Waals surface area contributed by atoms with E-state index in [0.29, 0.717) is 34.6 Å². The number of nitrogens with one attached hydrogen (secondary N) is 1.